The van der Waals surface area contributed by atoms with Crippen LogP contribution in [0.1, 0.15) is 23.6 Å². The quantitative estimate of drug-likeness (QED) is 0.477. The van der Waals surface area contributed by atoms with Crippen molar-refractivity contribution in [3.63, 3.8) is 0 Å². The Kier molecular flexibility index (Phi) is 4.97. The molecule has 0 spiro atoms. The molecular weight excluding hydrogens is 396 g/mol. The maximum atomic E-state index is 13.2. The topological polar surface area (TPSA) is 73.8 Å². The van der Waals surface area contributed by atoms with Crippen LogP contribution < -0.4 is 14.9 Å². The third-order valence-corrected chi connectivity index (χ3v) is 6.11. The van der Waals surface area contributed by atoms with Gasteiger partial charge in [0.05, 0.1) is 22.1 Å². The van der Waals surface area contributed by atoms with Crippen molar-refractivity contribution in [1.29, 1.82) is 0 Å². The van der Waals surface area contributed by atoms with E-state index in [4.69, 9.17) is 9.15 Å². The van der Waals surface area contributed by atoms with E-state index in [1.165, 1.54) is 28.7 Å². The molecule has 0 unspecified atom stereocenters. The summed E-state index contributed by atoms with van der Waals surface area (Å²) in [7, 11) is 0. The Labute approximate surface area is 168 Å². The van der Waals surface area contributed by atoms with Crippen LogP contribution in [0.3, 0.4) is 0 Å². The molecule has 8 heteroatoms. The predicted octanol–water partition coefficient (Wildman–Crippen LogP) is 2.62. The van der Waals surface area contributed by atoms with E-state index in [1.807, 2.05) is 17.5 Å². The van der Waals surface area contributed by atoms with Gasteiger partial charge in [-0.15, -0.1) is 11.3 Å². The van der Waals surface area contributed by atoms with Gasteiger partial charge >= 0.3 is 5.97 Å². The molecule has 0 fully saturated rings. The van der Waals surface area contributed by atoms with Gasteiger partial charge in [0.2, 0.25) is 0 Å². The highest BCUT2D eigenvalue weighted by Crippen LogP contribution is 2.33. The van der Waals surface area contributed by atoms with Crippen LogP contribution in [0.4, 0.5) is 0 Å². The third-order valence-electron chi connectivity index (χ3n) is 4.20. The van der Waals surface area contributed by atoms with Gasteiger partial charge in [-0.05, 0) is 30.5 Å². The number of carbonyl (C=O) groups excluding carboxylic acids is 1. The van der Waals surface area contributed by atoms with E-state index in [-0.39, 0.29) is 12.2 Å². The zero-order valence-electron chi connectivity index (χ0n) is 15.0. The Balaban J connectivity index is 1.92. The maximum absolute atomic E-state index is 13.2. The Bertz CT molecular complexity index is 1230. The Morgan fingerprint density at radius 3 is 2.96 bits per heavy atom. The monoisotopic (exact) mass is 412 g/mol. The molecule has 0 radical (unpaired) electrons. The van der Waals surface area contributed by atoms with Crippen LogP contribution in [0.5, 0.6) is 0 Å². The molecular formula is C20H16N2O4S2. The minimum Gasteiger partial charge on any atom is -0.465 e. The molecule has 1 aliphatic heterocycles. The number of allylic oxidation sites excluding steroid dienone is 1. The molecule has 3 aromatic heterocycles. The lowest BCUT2D eigenvalue weighted by atomic mass is 10.0. The molecule has 0 saturated carbocycles. The summed E-state index contributed by atoms with van der Waals surface area (Å²) < 4.78 is 12.6. The van der Waals surface area contributed by atoms with Gasteiger partial charge in [0, 0.05) is 11.0 Å². The summed E-state index contributed by atoms with van der Waals surface area (Å²) in [5, 5.41) is 1.91. The number of hydrogen-bond donors (Lipinski definition) is 0. The Morgan fingerprint density at radius 2 is 2.29 bits per heavy atom. The summed E-state index contributed by atoms with van der Waals surface area (Å²) in [6.07, 6.45) is 4.74. The summed E-state index contributed by atoms with van der Waals surface area (Å²) in [5.74, 6) is 0.0825. The van der Waals surface area contributed by atoms with E-state index in [9.17, 15) is 9.59 Å². The molecule has 0 saturated heterocycles. The fraction of sp³-hybridized carbons (Fsp3) is 0.150. The van der Waals surface area contributed by atoms with Crippen molar-refractivity contribution in [2.75, 3.05) is 6.61 Å². The number of aromatic nitrogens is 1. The normalized spacial score (nSPS) is 16.6. The van der Waals surface area contributed by atoms with Crippen LogP contribution in [0, 0.1) is 0 Å². The molecule has 4 heterocycles. The second-order valence-corrected chi connectivity index (χ2v) is 7.99. The highest BCUT2D eigenvalue weighted by atomic mass is 32.1. The first-order chi connectivity index (χ1) is 13.6. The first-order valence-corrected chi connectivity index (χ1v) is 10.2. The predicted molar refractivity (Wildman–Crippen MR) is 108 cm³/mol. The van der Waals surface area contributed by atoms with E-state index in [2.05, 4.69) is 11.6 Å². The lowest BCUT2D eigenvalue weighted by Crippen LogP contribution is -2.39. The van der Waals surface area contributed by atoms with Gasteiger partial charge in [-0.25, -0.2) is 9.79 Å². The molecule has 142 valence electrons. The largest absolute Gasteiger partial charge is 0.465 e. The number of thiophene rings is 1. The Hall–Kier alpha value is -2.97. The van der Waals surface area contributed by atoms with Gasteiger partial charge in [-0.1, -0.05) is 30.1 Å². The SMILES string of the molecule is C=CCOC(=O)C1=C(C)N=c2s/c(=C\c3ccco3)c(=O)n2[C@H]1c1cccs1. The molecule has 28 heavy (non-hydrogen) atoms. The van der Waals surface area contributed by atoms with Gasteiger partial charge in [0.25, 0.3) is 5.56 Å². The number of esters is 1. The van der Waals surface area contributed by atoms with Crippen molar-refractivity contribution in [3.05, 3.63) is 90.2 Å². The average molecular weight is 412 g/mol. The number of carbonyl (C=O) groups is 1. The van der Waals surface area contributed by atoms with Gasteiger partial charge in [0.15, 0.2) is 4.80 Å². The van der Waals surface area contributed by atoms with Gasteiger partial charge in [-0.2, -0.15) is 0 Å². The summed E-state index contributed by atoms with van der Waals surface area (Å²) in [5.41, 5.74) is 0.680. The van der Waals surface area contributed by atoms with Crippen LogP contribution in [0.25, 0.3) is 6.08 Å². The highest BCUT2D eigenvalue weighted by molar-refractivity contribution is 7.10. The minimum absolute atomic E-state index is 0.0929. The molecule has 0 aliphatic carbocycles. The highest BCUT2D eigenvalue weighted by Gasteiger charge is 2.33. The van der Waals surface area contributed by atoms with Gasteiger partial charge < -0.3 is 9.15 Å². The molecule has 3 aromatic rings. The summed E-state index contributed by atoms with van der Waals surface area (Å²) in [6, 6.07) is 6.75. The first kappa shape index (κ1) is 18.4. The number of rotatable bonds is 5. The van der Waals surface area contributed by atoms with Crippen LogP contribution in [-0.2, 0) is 9.53 Å². The zero-order valence-corrected chi connectivity index (χ0v) is 16.6. The van der Waals surface area contributed by atoms with Crippen molar-refractivity contribution >= 4 is 34.7 Å². The molecule has 1 atom stereocenters. The van der Waals surface area contributed by atoms with Crippen molar-refractivity contribution in [1.82, 2.24) is 4.57 Å². The molecule has 0 N–H and O–H groups in total. The first-order valence-electron chi connectivity index (χ1n) is 8.47. The number of ether oxygens (including phenoxy) is 1. The second kappa shape index (κ2) is 7.57. The molecule has 6 nitrogen and oxygen atoms in total. The van der Waals surface area contributed by atoms with Crippen molar-refractivity contribution in [2.45, 2.75) is 13.0 Å². The average Bonchev–Trinajstić information content (AvgIpc) is 3.42. The van der Waals surface area contributed by atoms with Crippen LogP contribution in [0.2, 0.25) is 0 Å². The van der Waals surface area contributed by atoms with Crippen molar-refractivity contribution in [2.24, 2.45) is 4.99 Å². The fourth-order valence-electron chi connectivity index (χ4n) is 3.01. The molecule has 4 rings (SSSR count). The third kappa shape index (κ3) is 3.21. The molecule has 0 aromatic carbocycles. The summed E-state index contributed by atoms with van der Waals surface area (Å²) in [6.45, 7) is 5.42. The van der Waals surface area contributed by atoms with Crippen molar-refractivity contribution < 1.29 is 13.9 Å². The number of nitrogens with zero attached hydrogens (tertiary/aromatic N) is 2. The van der Waals surface area contributed by atoms with Crippen LogP contribution in [-0.4, -0.2) is 17.1 Å². The van der Waals surface area contributed by atoms with Crippen LogP contribution in [0.15, 0.2) is 74.0 Å². The number of fused-ring (bicyclic) bond motifs is 1. The lowest BCUT2D eigenvalue weighted by molar-refractivity contribution is -0.138. The lowest BCUT2D eigenvalue weighted by Gasteiger charge is -2.23. The maximum Gasteiger partial charge on any atom is 0.338 e. The van der Waals surface area contributed by atoms with E-state index in [1.54, 1.807) is 36.0 Å². The molecule has 0 amide bonds. The molecule has 1 aliphatic rings. The smallest absolute Gasteiger partial charge is 0.338 e. The minimum atomic E-state index is -0.577. The van der Waals surface area contributed by atoms with E-state index in [0.29, 0.717) is 26.4 Å². The second-order valence-electron chi connectivity index (χ2n) is 6.00. The van der Waals surface area contributed by atoms with Gasteiger partial charge in [0.1, 0.15) is 18.4 Å². The zero-order chi connectivity index (χ0) is 19.7. The number of hydrogen-bond acceptors (Lipinski definition) is 7. The van der Waals surface area contributed by atoms with E-state index in [0.717, 1.165) is 4.88 Å². The van der Waals surface area contributed by atoms with Crippen LogP contribution >= 0.6 is 22.7 Å². The van der Waals surface area contributed by atoms with E-state index >= 15 is 0 Å². The summed E-state index contributed by atoms with van der Waals surface area (Å²) in [4.78, 5) is 31.9. The number of thiazole rings is 1. The number of furan rings is 1. The van der Waals surface area contributed by atoms with Gasteiger partial charge in [-0.3, -0.25) is 9.36 Å². The summed E-state index contributed by atoms with van der Waals surface area (Å²) >= 11 is 2.74. The van der Waals surface area contributed by atoms with Crippen molar-refractivity contribution in [3.8, 4) is 0 Å². The van der Waals surface area contributed by atoms with E-state index < -0.39 is 12.0 Å². The standard InChI is InChI=1S/C20H16N2O4S2/c1-3-8-26-19(24)16-12(2)21-20-22(17(16)14-7-5-10-27-14)18(23)15(28-20)11-13-6-4-9-25-13/h3-7,9-11,17H,1,8H2,2H3/b15-11-/t17-/m0/s1. The Morgan fingerprint density at radius 1 is 1.43 bits per heavy atom. The fourth-order valence-corrected chi connectivity index (χ4v) is 4.86. The molecule has 0 bridgehead atoms.